The highest BCUT2D eigenvalue weighted by Gasteiger charge is 2.32. The summed E-state index contributed by atoms with van der Waals surface area (Å²) < 4.78 is 38.0. The van der Waals surface area contributed by atoms with Crippen molar-refractivity contribution in [1.82, 2.24) is 4.90 Å². The van der Waals surface area contributed by atoms with Gasteiger partial charge in [-0.2, -0.15) is 0 Å². The van der Waals surface area contributed by atoms with Gasteiger partial charge in [-0.15, -0.1) is 0 Å². The molecule has 1 heterocycles. The first-order valence-electron chi connectivity index (χ1n) is 10.4. The third kappa shape index (κ3) is 3.96. The smallest absolute Gasteiger partial charge is 0.239 e. The Bertz CT molecular complexity index is 829. The number of fused-ring (bicyclic) bond motifs is 2. The molecule has 0 atom stereocenters. The number of carbonyl (C=O) groups excluding carboxylic acids is 1. The summed E-state index contributed by atoms with van der Waals surface area (Å²) in [6.07, 6.45) is 7.14. The van der Waals surface area contributed by atoms with Gasteiger partial charge in [0.2, 0.25) is 5.91 Å². The molecule has 1 N–H and O–H groups in total. The molecule has 0 saturated carbocycles. The zero-order valence-corrected chi connectivity index (χ0v) is 17.1. The van der Waals surface area contributed by atoms with E-state index in [9.17, 15) is 17.6 Å². The second-order valence-electron chi connectivity index (χ2n) is 8.32. The van der Waals surface area contributed by atoms with E-state index in [1.165, 1.54) is 22.3 Å². The summed E-state index contributed by atoms with van der Waals surface area (Å²) in [7, 11) is -3.50. The molecule has 4 rings (SSSR count). The minimum atomic E-state index is -3.50. The second kappa shape index (κ2) is 8.11. The fourth-order valence-electron chi connectivity index (χ4n) is 5.05. The fraction of sp³-hybridized carbons (Fsp3) is 0.667. The molecule has 154 valence electrons. The zero-order chi connectivity index (χ0) is 19.7. The lowest BCUT2D eigenvalue weighted by atomic mass is 9.98. The lowest BCUT2D eigenvalue weighted by Crippen LogP contribution is -2.42. The molecule has 1 amide bonds. The molecule has 0 bridgehead atoms. The molecule has 1 aromatic rings. The van der Waals surface area contributed by atoms with Gasteiger partial charge in [-0.1, -0.05) is 6.07 Å². The highest BCUT2D eigenvalue weighted by Crippen LogP contribution is 2.38. The normalized spacial score (nSPS) is 20.2. The number of sulfone groups is 1. The van der Waals surface area contributed by atoms with Crippen LogP contribution in [0.3, 0.4) is 0 Å². The summed E-state index contributed by atoms with van der Waals surface area (Å²) in [6.45, 7) is 1.10. The van der Waals surface area contributed by atoms with Crippen molar-refractivity contribution in [3.63, 3.8) is 0 Å². The van der Waals surface area contributed by atoms with Crippen molar-refractivity contribution in [2.75, 3.05) is 37.4 Å². The number of hydrogen-bond acceptors (Lipinski definition) is 4. The van der Waals surface area contributed by atoms with Crippen LogP contribution in [0.25, 0.3) is 0 Å². The van der Waals surface area contributed by atoms with E-state index in [2.05, 4.69) is 11.4 Å². The molecule has 2 aliphatic carbocycles. The molecule has 0 unspecified atom stereocenters. The maximum atomic E-state index is 12.8. The van der Waals surface area contributed by atoms with E-state index in [-0.39, 0.29) is 0 Å². The van der Waals surface area contributed by atoms with Crippen LogP contribution in [-0.2, 0) is 40.3 Å². The van der Waals surface area contributed by atoms with Crippen LogP contribution in [0.4, 0.5) is 10.1 Å². The average molecular weight is 409 g/mol. The molecular formula is C21H29FN2O3S. The topological polar surface area (TPSA) is 66.5 Å². The van der Waals surface area contributed by atoms with Gasteiger partial charge in [0.15, 0.2) is 9.84 Å². The molecule has 1 aromatic carbocycles. The highest BCUT2D eigenvalue weighted by molar-refractivity contribution is 7.92. The summed E-state index contributed by atoms with van der Waals surface area (Å²) in [4.78, 5) is 14.6. The van der Waals surface area contributed by atoms with Crippen molar-refractivity contribution in [2.24, 2.45) is 0 Å². The lowest BCUT2D eigenvalue weighted by Gasteiger charge is -2.30. The molecule has 1 fully saturated rings. The summed E-state index contributed by atoms with van der Waals surface area (Å²) in [5.41, 5.74) is 5.97. The number of nitrogens with zero attached hydrogens (tertiary/aromatic N) is 1. The quantitative estimate of drug-likeness (QED) is 0.785. The molecule has 0 spiro atoms. The van der Waals surface area contributed by atoms with Crippen molar-refractivity contribution in [3.05, 3.63) is 28.3 Å². The SMILES string of the molecule is O=C(CS(=O)(=O)C1CCN(CCF)CC1)Nc1c2c(cc3c1CCC3)CCC2. The zero-order valence-electron chi connectivity index (χ0n) is 16.3. The number of anilines is 1. The van der Waals surface area contributed by atoms with Crippen molar-refractivity contribution < 1.29 is 17.6 Å². The van der Waals surface area contributed by atoms with Crippen LogP contribution in [0, 0.1) is 0 Å². The van der Waals surface area contributed by atoms with Crippen molar-refractivity contribution in [3.8, 4) is 0 Å². The number of benzene rings is 1. The van der Waals surface area contributed by atoms with E-state index >= 15 is 0 Å². The van der Waals surface area contributed by atoms with Gasteiger partial charge in [0.1, 0.15) is 12.4 Å². The maximum absolute atomic E-state index is 12.8. The Morgan fingerprint density at radius 2 is 1.68 bits per heavy atom. The standard InChI is InChI=1S/C21H29FN2O3S/c22-9-12-24-10-7-17(8-11-24)28(26,27)14-20(25)23-21-18-5-1-3-15(18)13-16-4-2-6-19(16)21/h13,17H,1-12,14H2,(H,23,25). The van der Waals surface area contributed by atoms with Crippen LogP contribution < -0.4 is 5.32 Å². The van der Waals surface area contributed by atoms with Crippen LogP contribution in [-0.4, -0.2) is 56.5 Å². The van der Waals surface area contributed by atoms with Crippen LogP contribution >= 0.6 is 0 Å². The molecule has 7 heteroatoms. The Hall–Kier alpha value is -1.47. The van der Waals surface area contributed by atoms with Gasteiger partial charge in [0, 0.05) is 12.2 Å². The van der Waals surface area contributed by atoms with Gasteiger partial charge in [-0.25, -0.2) is 12.8 Å². The third-order valence-corrected chi connectivity index (χ3v) is 8.66. The Morgan fingerprint density at radius 3 is 2.25 bits per heavy atom. The molecule has 3 aliphatic rings. The number of hydrogen-bond donors (Lipinski definition) is 1. The van der Waals surface area contributed by atoms with Gasteiger partial charge in [0.05, 0.1) is 5.25 Å². The molecule has 5 nitrogen and oxygen atoms in total. The second-order valence-corrected chi connectivity index (χ2v) is 10.6. The van der Waals surface area contributed by atoms with Crippen LogP contribution in [0.5, 0.6) is 0 Å². The summed E-state index contributed by atoms with van der Waals surface area (Å²) in [5.74, 6) is -0.875. The Labute approximate surface area is 166 Å². The molecule has 28 heavy (non-hydrogen) atoms. The average Bonchev–Trinajstić information content (AvgIpc) is 3.31. The van der Waals surface area contributed by atoms with E-state index in [0.717, 1.165) is 44.2 Å². The van der Waals surface area contributed by atoms with Gasteiger partial charge >= 0.3 is 0 Å². The third-order valence-electron chi connectivity index (χ3n) is 6.51. The van der Waals surface area contributed by atoms with Crippen LogP contribution in [0.1, 0.15) is 47.9 Å². The van der Waals surface area contributed by atoms with Crippen LogP contribution in [0.15, 0.2) is 6.07 Å². The number of rotatable bonds is 6. The first-order chi connectivity index (χ1) is 13.5. The fourth-order valence-corrected chi connectivity index (χ4v) is 6.66. The number of amides is 1. The van der Waals surface area contributed by atoms with Gasteiger partial charge < -0.3 is 10.2 Å². The summed E-state index contributed by atoms with van der Waals surface area (Å²) >= 11 is 0. The predicted molar refractivity (Wildman–Crippen MR) is 108 cm³/mol. The van der Waals surface area contributed by atoms with Gasteiger partial charge in [-0.05, 0) is 86.7 Å². The van der Waals surface area contributed by atoms with E-state index in [4.69, 9.17) is 0 Å². The van der Waals surface area contributed by atoms with Crippen molar-refractivity contribution in [1.29, 1.82) is 0 Å². The monoisotopic (exact) mass is 408 g/mol. The number of likely N-dealkylation sites (tertiary alicyclic amines) is 1. The molecule has 0 radical (unpaired) electrons. The number of carbonyl (C=O) groups is 1. The van der Waals surface area contributed by atoms with E-state index < -0.39 is 33.4 Å². The predicted octanol–water partition coefficient (Wildman–Crippen LogP) is 2.45. The number of piperidine rings is 1. The number of halogens is 1. The Kier molecular flexibility index (Phi) is 5.74. The maximum Gasteiger partial charge on any atom is 0.239 e. The van der Waals surface area contributed by atoms with Gasteiger partial charge in [0.25, 0.3) is 0 Å². The molecule has 1 saturated heterocycles. The van der Waals surface area contributed by atoms with Crippen molar-refractivity contribution >= 4 is 21.4 Å². The van der Waals surface area contributed by atoms with Gasteiger partial charge in [-0.3, -0.25) is 4.79 Å². The Balaban J connectivity index is 1.44. The van der Waals surface area contributed by atoms with E-state index in [1.54, 1.807) is 0 Å². The number of aryl methyl sites for hydroxylation is 2. The van der Waals surface area contributed by atoms with Crippen molar-refractivity contribution in [2.45, 2.75) is 56.6 Å². The molecular weight excluding hydrogens is 379 g/mol. The Morgan fingerprint density at radius 1 is 1.07 bits per heavy atom. The summed E-state index contributed by atoms with van der Waals surface area (Å²) in [5, 5.41) is 2.49. The van der Waals surface area contributed by atoms with Crippen LogP contribution in [0.2, 0.25) is 0 Å². The minimum absolute atomic E-state index is 0.359. The van der Waals surface area contributed by atoms with E-state index in [0.29, 0.717) is 32.5 Å². The largest absolute Gasteiger partial charge is 0.325 e. The number of nitrogens with one attached hydrogen (secondary N) is 1. The molecule has 1 aliphatic heterocycles. The number of alkyl halides is 1. The first kappa shape index (κ1) is 19.8. The van der Waals surface area contributed by atoms with E-state index in [1.807, 2.05) is 4.90 Å². The summed E-state index contributed by atoms with van der Waals surface area (Å²) in [6, 6.07) is 2.29. The molecule has 0 aromatic heterocycles. The highest BCUT2D eigenvalue weighted by atomic mass is 32.2. The minimum Gasteiger partial charge on any atom is -0.325 e. The lowest BCUT2D eigenvalue weighted by molar-refractivity contribution is -0.113. The first-order valence-corrected chi connectivity index (χ1v) is 12.2.